The number of benzene rings is 2. The van der Waals surface area contributed by atoms with Crippen LogP contribution in [0.25, 0.3) is 10.8 Å². The Morgan fingerprint density at radius 1 is 1.16 bits per heavy atom. The van der Waals surface area contributed by atoms with Crippen molar-refractivity contribution >= 4 is 40.8 Å². The third-order valence-electron chi connectivity index (χ3n) is 4.73. The molecule has 1 heterocycles. The van der Waals surface area contributed by atoms with E-state index in [4.69, 9.17) is 0 Å². The Balaban J connectivity index is 0.00000225. The van der Waals surface area contributed by atoms with Crippen molar-refractivity contribution in [1.82, 2.24) is 10.2 Å². The van der Waals surface area contributed by atoms with Gasteiger partial charge in [0.05, 0.1) is 5.75 Å². The second-order valence-corrected chi connectivity index (χ2v) is 7.48. The van der Waals surface area contributed by atoms with Crippen LogP contribution in [0.4, 0.5) is 0 Å². The molecule has 0 spiro atoms. The Morgan fingerprint density at radius 2 is 1.88 bits per heavy atom. The van der Waals surface area contributed by atoms with Crippen molar-refractivity contribution < 1.29 is 4.79 Å². The average molecular weight is 379 g/mol. The van der Waals surface area contributed by atoms with Crippen molar-refractivity contribution in [3.63, 3.8) is 0 Å². The minimum atomic E-state index is 0. The first-order valence-corrected chi connectivity index (χ1v) is 9.85. The highest BCUT2D eigenvalue weighted by Crippen LogP contribution is 2.24. The molecule has 0 aromatic heterocycles. The number of carbonyl (C=O) groups excluding carboxylic acids is 1. The van der Waals surface area contributed by atoms with Gasteiger partial charge in [-0.25, -0.2) is 0 Å². The summed E-state index contributed by atoms with van der Waals surface area (Å²) in [5.74, 6) is 1.54. The molecule has 0 bridgehead atoms. The summed E-state index contributed by atoms with van der Waals surface area (Å²) in [5.41, 5.74) is 0. The molecule has 5 heteroatoms. The molecule has 2 aromatic rings. The van der Waals surface area contributed by atoms with Crippen molar-refractivity contribution in [3.05, 3.63) is 42.5 Å². The number of thioether (sulfide) groups is 1. The maximum Gasteiger partial charge on any atom is 0.232 e. The van der Waals surface area contributed by atoms with E-state index in [0.717, 1.165) is 44.9 Å². The summed E-state index contributed by atoms with van der Waals surface area (Å²) in [6.07, 6.45) is 2.25. The molecule has 0 unspecified atom stereocenters. The molecule has 0 saturated carbocycles. The van der Waals surface area contributed by atoms with Gasteiger partial charge in [-0.05, 0) is 54.8 Å². The predicted octanol–water partition coefficient (Wildman–Crippen LogP) is 4.20. The molecule has 1 saturated heterocycles. The minimum Gasteiger partial charge on any atom is -0.342 e. The maximum atomic E-state index is 12.4. The molecule has 0 radical (unpaired) electrons. The molecule has 1 aliphatic rings. The lowest BCUT2D eigenvalue weighted by Crippen LogP contribution is -2.41. The van der Waals surface area contributed by atoms with Crippen molar-refractivity contribution in [2.45, 2.75) is 24.7 Å². The first kappa shape index (κ1) is 20.1. The van der Waals surface area contributed by atoms with E-state index in [1.807, 2.05) is 4.90 Å². The molecule has 1 fully saturated rings. The standard InChI is InChI=1S/C20H26N2OS.ClH/c1-2-21-14-16-9-11-22(12-10-16)20(23)15-24-19-8-7-17-5-3-4-6-18(17)13-19;/h3-8,13,16,21H,2,9-12,14-15H2,1H3;1H. The van der Waals surface area contributed by atoms with Gasteiger partial charge in [0, 0.05) is 18.0 Å². The Morgan fingerprint density at radius 3 is 2.60 bits per heavy atom. The number of rotatable bonds is 6. The van der Waals surface area contributed by atoms with Gasteiger partial charge in [0.1, 0.15) is 0 Å². The fraction of sp³-hybridized carbons (Fsp3) is 0.450. The second kappa shape index (κ2) is 10.0. The fourth-order valence-corrected chi connectivity index (χ4v) is 4.08. The van der Waals surface area contributed by atoms with Crippen LogP contribution in [0, 0.1) is 5.92 Å². The van der Waals surface area contributed by atoms with Crippen molar-refractivity contribution in [2.24, 2.45) is 5.92 Å². The summed E-state index contributed by atoms with van der Waals surface area (Å²) in [5, 5.41) is 5.90. The molecule has 1 N–H and O–H groups in total. The number of fused-ring (bicyclic) bond motifs is 1. The van der Waals surface area contributed by atoms with Gasteiger partial charge >= 0.3 is 0 Å². The molecule has 1 aliphatic heterocycles. The van der Waals surface area contributed by atoms with Crippen LogP contribution < -0.4 is 5.32 Å². The van der Waals surface area contributed by atoms with Crippen LogP contribution in [0.5, 0.6) is 0 Å². The Bertz CT molecular complexity index is 686. The van der Waals surface area contributed by atoms with Gasteiger partial charge in [-0.1, -0.05) is 37.3 Å². The molecular formula is C20H27ClN2OS. The Labute approximate surface area is 161 Å². The molecule has 3 rings (SSSR count). The highest BCUT2D eigenvalue weighted by molar-refractivity contribution is 8.00. The van der Waals surface area contributed by atoms with E-state index in [0.29, 0.717) is 5.75 Å². The highest BCUT2D eigenvalue weighted by atomic mass is 35.5. The van der Waals surface area contributed by atoms with Crippen LogP contribution in [0.1, 0.15) is 19.8 Å². The van der Waals surface area contributed by atoms with E-state index in [1.54, 1.807) is 11.8 Å². The molecule has 0 atom stereocenters. The topological polar surface area (TPSA) is 32.3 Å². The highest BCUT2D eigenvalue weighted by Gasteiger charge is 2.22. The summed E-state index contributed by atoms with van der Waals surface area (Å²) in [6.45, 7) is 6.08. The van der Waals surface area contributed by atoms with Gasteiger partial charge in [0.25, 0.3) is 0 Å². The second-order valence-electron chi connectivity index (χ2n) is 6.43. The number of halogens is 1. The predicted molar refractivity (Wildman–Crippen MR) is 110 cm³/mol. The van der Waals surface area contributed by atoms with Crippen LogP contribution in [-0.2, 0) is 4.79 Å². The van der Waals surface area contributed by atoms with Crippen LogP contribution in [0.3, 0.4) is 0 Å². The van der Waals surface area contributed by atoms with E-state index >= 15 is 0 Å². The number of amides is 1. The molecule has 2 aromatic carbocycles. The Kier molecular flexibility index (Phi) is 8.07. The maximum absolute atomic E-state index is 12.4. The first-order chi connectivity index (χ1) is 11.8. The molecule has 0 aliphatic carbocycles. The zero-order chi connectivity index (χ0) is 16.8. The van der Waals surface area contributed by atoms with E-state index in [1.165, 1.54) is 15.7 Å². The summed E-state index contributed by atoms with van der Waals surface area (Å²) in [7, 11) is 0. The summed E-state index contributed by atoms with van der Waals surface area (Å²) in [6, 6.07) is 14.8. The van der Waals surface area contributed by atoms with Gasteiger partial charge < -0.3 is 10.2 Å². The van der Waals surface area contributed by atoms with Crippen LogP contribution in [0.2, 0.25) is 0 Å². The number of hydrogen-bond acceptors (Lipinski definition) is 3. The zero-order valence-corrected chi connectivity index (χ0v) is 16.4. The number of hydrogen-bond donors (Lipinski definition) is 1. The molecule has 136 valence electrons. The normalized spacial score (nSPS) is 15.2. The zero-order valence-electron chi connectivity index (χ0n) is 14.7. The third-order valence-corrected chi connectivity index (χ3v) is 5.71. The van der Waals surface area contributed by atoms with E-state index in [-0.39, 0.29) is 18.3 Å². The lowest BCUT2D eigenvalue weighted by atomic mass is 9.97. The van der Waals surface area contributed by atoms with Crippen molar-refractivity contribution in [2.75, 3.05) is 31.9 Å². The summed E-state index contributed by atoms with van der Waals surface area (Å²) >= 11 is 1.65. The third kappa shape index (κ3) is 5.63. The number of piperidine rings is 1. The molecule has 25 heavy (non-hydrogen) atoms. The van der Waals surface area contributed by atoms with Crippen LogP contribution in [0.15, 0.2) is 47.4 Å². The fourth-order valence-electron chi connectivity index (χ4n) is 3.23. The smallest absolute Gasteiger partial charge is 0.232 e. The van der Waals surface area contributed by atoms with Crippen molar-refractivity contribution in [1.29, 1.82) is 0 Å². The van der Waals surface area contributed by atoms with Crippen molar-refractivity contribution in [3.8, 4) is 0 Å². The minimum absolute atomic E-state index is 0. The van der Waals surface area contributed by atoms with Gasteiger partial charge in [-0.3, -0.25) is 4.79 Å². The Hall–Kier alpha value is -1.23. The van der Waals surface area contributed by atoms with E-state index < -0.39 is 0 Å². The first-order valence-electron chi connectivity index (χ1n) is 8.86. The largest absolute Gasteiger partial charge is 0.342 e. The molecule has 1 amide bonds. The van der Waals surface area contributed by atoms with E-state index in [2.05, 4.69) is 54.7 Å². The van der Waals surface area contributed by atoms with Crippen LogP contribution in [-0.4, -0.2) is 42.7 Å². The molecular weight excluding hydrogens is 352 g/mol. The summed E-state index contributed by atoms with van der Waals surface area (Å²) in [4.78, 5) is 15.7. The number of nitrogens with zero attached hydrogens (tertiary/aromatic N) is 1. The summed E-state index contributed by atoms with van der Waals surface area (Å²) < 4.78 is 0. The lowest BCUT2D eigenvalue weighted by Gasteiger charge is -2.32. The van der Waals surface area contributed by atoms with Crippen LogP contribution >= 0.6 is 24.2 Å². The number of nitrogens with one attached hydrogen (secondary N) is 1. The monoisotopic (exact) mass is 378 g/mol. The van der Waals surface area contributed by atoms with Gasteiger partial charge in [0.2, 0.25) is 5.91 Å². The van der Waals surface area contributed by atoms with Gasteiger partial charge in [-0.2, -0.15) is 0 Å². The number of carbonyl (C=O) groups is 1. The van der Waals surface area contributed by atoms with E-state index in [9.17, 15) is 4.79 Å². The average Bonchev–Trinajstić information content (AvgIpc) is 2.64. The number of likely N-dealkylation sites (tertiary alicyclic amines) is 1. The van der Waals surface area contributed by atoms with Gasteiger partial charge in [-0.15, -0.1) is 24.2 Å². The quantitative estimate of drug-likeness (QED) is 0.764. The lowest BCUT2D eigenvalue weighted by molar-refractivity contribution is -0.129. The SMILES string of the molecule is CCNCC1CCN(C(=O)CSc2ccc3ccccc3c2)CC1.Cl. The molecule has 3 nitrogen and oxygen atoms in total. The van der Waals surface area contributed by atoms with Gasteiger partial charge in [0.15, 0.2) is 0 Å².